The molecule has 8 heteroatoms. The van der Waals surface area contributed by atoms with E-state index < -0.39 is 23.8 Å². The average molecular weight is 298 g/mol. The van der Waals surface area contributed by atoms with Crippen molar-refractivity contribution in [2.75, 3.05) is 0 Å². The molecule has 0 saturated heterocycles. The number of carbonyl (C=O) groups excluding carboxylic acids is 1. The van der Waals surface area contributed by atoms with E-state index in [0.717, 1.165) is 5.92 Å². The van der Waals surface area contributed by atoms with Crippen LogP contribution in [0.3, 0.4) is 0 Å². The predicted octanol–water partition coefficient (Wildman–Crippen LogP) is 3.44. The summed E-state index contributed by atoms with van der Waals surface area (Å²) in [5, 5.41) is 0. The molecule has 0 radical (unpaired) electrons. The molecule has 0 N–H and O–H groups in total. The van der Waals surface area contributed by atoms with Gasteiger partial charge in [-0.05, 0) is 18.1 Å². The van der Waals surface area contributed by atoms with Crippen LogP contribution in [0.1, 0.15) is 5.56 Å². The summed E-state index contributed by atoms with van der Waals surface area (Å²) in [6, 6.07) is 6.88. The number of alkyl halides is 7. The second-order valence-corrected chi connectivity index (χ2v) is 3.59. The van der Waals surface area contributed by atoms with Gasteiger partial charge in [-0.1, -0.05) is 24.1 Å². The molecule has 1 rings (SSSR count). The van der Waals surface area contributed by atoms with E-state index in [1.165, 1.54) is 30.3 Å². The van der Waals surface area contributed by atoms with Crippen molar-refractivity contribution in [2.24, 2.45) is 0 Å². The molecule has 1 nitrogen and oxygen atoms in total. The second-order valence-electron chi connectivity index (χ2n) is 3.59. The molecule has 0 unspecified atom stereocenters. The number of benzene rings is 1. The molecule has 0 atom stereocenters. The van der Waals surface area contributed by atoms with Gasteiger partial charge in [-0.15, -0.1) is 0 Å². The molecule has 20 heavy (non-hydrogen) atoms. The van der Waals surface area contributed by atoms with Gasteiger partial charge in [0.25, 0.3) is 5.78 Å². The monoisotopic (exact) mass is 298 g/mol. The molecule has 0 fully saturated rings. The summed E-state index contributed by atoms with van der Waals surface area (Å²) in [4.78, 5) is 10.8. The minimum Gasteiger partial charge on any atom is -0.278 e. The lowest BCUT2D eigenvalue weighted by Crippen LogP contribution is -2.55. The standard InChI is InChI=1S/C12H5F7O/c13-10(14,11(15,16)12(17,18)19)9(20)7-6-8-4-2-1-3-5-8/h1-5H. The number of hydrogen-bond acceptors (Lipinski definition) is 1. The second kappa shape index (κ2) is 5.15. The number of Topliss-reactive ketones (excluding diaryl/α,β-unsaturated/α-hetero) is 1. The molecule has 0 spiro atoms. The number of hydrogen-bond donors (Lipinski definition) is 0. The topological polar surface area (TPSA) is 17.1 Å². The Morgan fingerprint density at radius 2 is 1.40 bits per heavy atom. The molecule has 0 aliphatic carbocycles. The lowest BCUT2D eigenvalue weighted by atomic mass is 10.1. The first-order valence-corrected chi connectivity index (χ1v) is 4.94. The third-order valence-corrected chi connectivity index (χ3v) is 2.13. The minimum absolute atomic E-state index is 0.0203. The summed E-state index contributed by atoms with van der Waals surface area (Å²) in [7, 11) is 0. The van der Waals surface area contributed by atoms with E-state index in [4.69, 9.17) is 0 Å². The highest BCUT2D eigenvalue weighted by Gasteiger charge is 2.75. The average Bonchev–Trinajstić information content (AvgIpc) is 2.35. The first-order chi connectivity index (χ1) is 9.00. The van der Waals surface area contributed by atoms with Gasteiger partial charge in [0.1, 0.15) is 0 Å². The van der Waals surface area contributed by atoms with E-state index in [1.807, 2.05) is 0 Å². The summed E-state index contributed by atoms with van der Waals surface area (Å²) in [6.07, 6.45) is -6.55. The Morgan fingerprint density at radius 1 is 0.900 bits per heavy atom. The fourth-order valence-corrected chi connectivity index (χ4v) is 1.05. The lowest BCUT2D eigenvalue weighted by Gasteiger charge is -2.25. The van der Waals surface area contributed by atoms with E-state index in [0.29, 0.717) is 0 Å². The molecule has 1 aromatic rings. The van der Waals surface area contributed by atoms with E-state index in [9.17, 15) is 35.5 Å². The fraction of sp³-hybridized carbons (Fsp3) is 0.250. The molecule has 0 aromatic heterocycles. The largest absolute Gasteiger partial charge is 0.460 e. The van der Waals surface area contributed by atoms with Gasteiger partial charge in [0.05, 0.1) is 0 Å². The molecule has 0 amide bonds. The smallest absolute Gasteiger partial charge is 0.278 e. The molecule has 0 aliphatic heterocycles. The first kappa shape index (κ1) is 16.0. The summed E-state index contributed by atoms with van der Waals surface area (Å²) in [5.74, 6) is -12.3. The van der Waals surface area contributed by atoms with Crippen molar-refractivity contribution in [3.63, 3.8) is 0 Å². The Kier molecular flexibility index (Phi) is 4.12. The molecule has 0 aliphatic rings. The first-order valence-electron chi connectivity index (χ1n) is 4.94. The molecule has 1 aromatic carbocycles. The third-order valence-electron chi connectivity index (χ3n) is 2.13. The Labute approximate surface area is 108 Å². The van der Waals surface area contributed by atoms with E-state index in [-0.39, 0.29) is 5.56 Å². The molecule has 0 heterocycles. The minimum atomic E-state index is -6.55. The Hall–Kier alpha value is -2.04. The maximum atomic E-state index is 12.9. The van der Waals surface area contributed by atoms with Crippen LogP contribution in [0.15, 0.2) is 30.3 Å². The van der Waals surface area contributed by atoms with Crippen LogP contribution in [0, 0.1) is 11.8 Å². The highest BCUT2D eigenvalue weighted by Crippen LogP contribution is 2.46. The van der Waals surface area contributed by atoms with Crippen molar-refractivity contribution >= 4 is 5.78 Å². The van der Waals surface area contributed by atoms with Crippen molar-refractivity contribution in [2.45, 2.75) is 18.0 Å². The Bertz CT molecular complexity index is 549. The van der Waals surface area contributed by atoms with E-state index >= 15 is 0 Å². The van der Waals surface area contributed by atoms with Crippen LogP contribution in [0.5, 0.6) is 0 Å². The molecular formula is C12H5F7O. The van der Waals surface area contributed by atoms with Crippen LogP contribution >= 0.6 is 0 Å². The molecule has 108 valence electrons. The van der Waals surface area contributed by atoms with Gasteiger partial charge in [-0.2, -0.15) is 30.7 Å². The number of carbonyl (C=O) groups is 1. The maximum Gasteiger partial charge on any atom is 0.460 e. The van der Waals surface area contributed by atoms with Gasteiger partial charge in [0.15, 0.2) is 0 Å². The predicted molar refractivity (Wildman–Crippen MR) is 54.3 cm³/mol. The van der Waals surface area contributed by atoms with Gasteiger partial charge in [0.2, 0.25) is 0 Å². The summed E-state index contributed by atoms with van der Waals surface area (Å²) in [5.41, 5.74) is 0.0203. The highest BCUT2D eigenvalue weighted by molar-refractivity contribution is 6.02. The molecule has 0 bridgehead atoms. The van der Waals surface area contributed by atoms with Crippen LogP contribution in [-0.2, 0) is 4.79 Å². The van der Waals surface area contributed by atoms with Crippen molar-refractivity contribution in [3.05, 3.63) is 35.9 Å². The Morgan fingerprint density at radius 3 is 1.85 bits per heavy atom. The van der Waals surface area contributed by atoms with Crippen molar-refractivity contribution in [1.82, 2.24) is 0 Å². The zero-order valence-corrected chi connectivity index (χ0v) is 9.44. The highest BCUT2D eigenvalue weighted by atomic mass is 19.4. The van der Waals surface area contributed by atoms with Crippen molar-refractivity contribution < 1.29 is 35.5 Å². The third kappa shape index (κ3) is 2.92. The van der Waals surface area contributed by atoms with Gasteiger partial charge < -0.3 is 0 Å². The number of halogens is 7. The maximum absolute atomic E-state index is 12.9. The fourth-order valence-electron chi connectivity index (χ4n) is 1.05. The van der Waals surface area contributed by atoms with Crippen molar-refractivity contribution in [3.8, 4) is 11.8 Å². The van der Waals surface area contributed by atoms with Gasteiger partial charge in [0, 0.05) is 5.56 Å². The summed E-state index contributed by atoms with van der Waals surface area (Å²) in [6.45, 7) is 0. The normalized spacial score (nSPS) is 12.6. The Balaban J connectivity index is 3.06. The zero-order valence-electron chi connectivity index (χ0n) is 9.44. The summed E-state index contributed by atoms with van der Waals surface area (Å²) >= 11 is 0. The van der Waals surface area contributed by atoms with Gasteiger partial charge >= 0.3 is 18.0 Å². The lowest BCUT2D eigenvalue weighted by molar-refractivity contribution is -0.342. The quantitative estimate of drug-likeness (QED) is 0.604. The van der Waals surface area contributed by atoms with Crippen LogP contribution in [0.2, 0.25) is 0 Å². The SMILES string of the molecule is O=C(C#Cc1ccccc1)C(F)(F)C(F)(F)C(F)(F)F. The van der Waals surface area contributed by atoms with E-state index in [2.05, 4.69) is 0 Å². The van der Waals surface area contributed by atoms with E-state index in [1.54, 1.807) is 5.92 Å². The number of ketones is 1. The van der Waals surface area contributed by atoms with Crippen LogP contribution in [-0.4, -0.2) is 23.8 Å². The summed E-state index contributed by atoms with van der Waals surface area (Å²) < 4.78 is 86.3. The van der Waals surface area contributed by atoms with Gasteiger partial charge in [-0.25, -0.2) is 0 Å². The van der Waals surface area contributed by atoms with Crippen LogP contribution in [0.25, 0.3) is 0 Å². The number of rotatable bonds is 2. The molecule has 0 saturated carbocycles. The van der Waals surface area contributed by atoms with Crippen molar-refractivity contribution in [1.29, 1.82) is 0 Å². The van der Waals surface area contributed by atoms with Crippen LogP contribution < -0.4 is 0 Å². The zero-order chi connectivity index (χ0) is 15.6. The van der Waals surface area contributed by atoms with Gasteiger partial charge in [-0.3, -0.25) is 4.79 Å². The molecular weight excluding hydrogens is 293 g/mol. The van der Waals surface area contributed by atoms with Crippen LogP contribution in [0.4, 0.5) is 30.7 Å².